The molecular weight excluding hydrogens is 334 g/mol. The van der Waals surface area contributed by atoms with E-state index in [0.717, 1.165) is 0 Å². The van der Waals surface area contributed by atoms with Gasteiger partial charge >= 0.3 is 0 Å². The molecule has 1 amide bonds. The summed E-state index contributed by atoms with van der Waals surface area (Å²) in [6.07, 6.45) is 1.67. The number of hydrazine groups is 1. The molecule has 0 spiro atoms. The fraction of sp³-hybridized carbons (Fsp3) is 0.0625. The van der Waals surface area contributed by atoms with Gasteiger partial charge in [-0.3, -0.25) is 25.8 Å². The van der Waals surface area contributed by atoms with Crippen LogP contribution in [-0.2, 0) is 4.79 Å². The van der Waals surface area contributed by atoms with E-state index in [1.807, 2.05) is 0 Å². The van der Waals surface area contributed by atoms with E-state index in [0.29, 0.717) is 21.9 Å². The normalized spacial score (nSPS) is 12.5. The van der Waals surface area contributed by atoms with Crippen LogP contribution in [0.3, 0.4) is 0 Å². The maximum absolute atomic E-state index is 12.2. The highest BCUT2D eigenvalue weighted by Gasteiger charge is 2.18. The Hall–Kier alpha value is -3.06. The van der Waals surface area contributed by atoms with E-state index >= 15 is 0 Å². The van der Waals surface area contributed by atoms with Crippen LogP contribution in [-0.4, -0.2) is 17.4 Å². The Balaban J connectivity index is 1.74. The average molecular weight is 346 g/mol. The lowest BCUT2D eigenvalue weighted by Crippen LogP contribution is -2.33. The predicted octanol–water partition coefficient (Wildman–Crippen LogP) is 3.17. The largest absolute Gasteiger partial charge is 0.488 e. The minimum atomic E-state index is -0.532. The first kappa shape index (κ1) is 15.8. The molecule has 0 saturated carbocycles. The van der Waals surface area contributed by atoms with Crippen LogP contribution in [0.5, 0.6) is 5.75 Å². The number of carbonyl (C=O) groups excluding carboxylic acids is 1. The molecule has 122 valence electrons. The Bertz CT molecular complexity index is 851. The van der Waals surface area contributed by atoms with Crippen LogP contribution in [0, 0.1) is 10.1 Å². The van der Waals surface area contributed by atoms with E-state index in [-0.39, 0.29) is 18.0 Å². The molecule has 7 nitrogen and oxygen atoms in total. The highest BCUT2D eigenvalue weighted by atomic mass is 35.5. The molecule has 0 unspecified atom stereocenters. The summed E-state index contributed by atoms with van der Waals surface area (Å²) < 4.78 is 5.50. The number of hydrogen-bond acceptors (Lipinski definition) is 5. The van der Waals surface area contributed by atoms with Crippen molar-refractivity contribution in [1.29, 1.82) is 0 Å². The minimum absolute atomic E-state index is 0.0963. The standard InChI is InChI=1S/C16H12ClN3O4/c17-12-5-6-15-10(8-12)7-11(9-24-15)16(21)19-18-13-3-1-2-4-14(13)20(22)23/h1-8,18H,9H2,(H,19,21). The highest BCUT2D eigenvalue weighted by molar-refractivity contribution is 6.30. The molecule has 1 heterocycles. The first-order valence-electron chi connectivity index (χ1n) is 6.97. The summed E-state index contributed by atoms with van der Waals surface area (Å²) in [7, 11) is 0. The van der Waals surface area contributed by atoms with Gasteiger partial charge in [-0.1, -0.05) is 23.7 Å². The van der Waals surface area contributed by atoms with Crippen molar-refractivity contribution in [3.63, 3.8) is 0 Å². The molecule has 2 aromatic rings. The van der Waals surface area contributed by atoms with Crippen molar-refractivity contribution in [3.05, 3.63) is 68.7 Å². The van der Waals surface area contributed by atoms with Crippen LogP contribution in [0.4, 0.5) is 11.4 Å². The van der Waals surface area contributed by atoms with Crippen molar-refractivity contribution in [2.45, 2.75) is 0 Å². The number of amides is 1. The number of fused-ring (bicyclic) bond motifs is 1. The van der Waals surface area contributed by atoms with Gasteiger partial charge in [0.1, 0.15) is 18.0 Å². The molecule has 0 fully saturated rings. The quantitative estimate of drug-likeness (QED) is 0.655. The van der Waals surface area contributed by atoms with Crippen LogP contribution < -0.4 is 15.6 Å². The monoisotopic (exact) mass is 345 g/mol. The molecule has 2 aromatic carbocycles. The Morgan fingerprint density at radius 1 is 1.25 bits per heavy atom. The van der Waals surface area contributed by atoms with Gasteiger partial charge in [-0.2, -0.15) is 0 Å². The van der Waals surface area contributed by atoms with E-state index in [4.69, 9.17) is 16.3 Å². The third-order valence-electron chi connectivity index (χ3n) is 3.39. The van der Waals surface area contributed by atoms with Crippen molar-refractivity contribution in [3.8, 4) is 5.75 Å². The lowest BCUT2D eigenvalue weighted by atomic mass is 10.1. The zero-order valence-corrected chi connectivity index (χ0v) is 13.0. The fourth-order valence-corrected chi connectivity index (χ4v) is 2.40. The second kappa shape index (κ2) is 6.59. The number of carbonyl (C=O) groups is 1. The summed E-state index contributed by atoms with van der Waals surface area (Å²) in [5.74, 6) is 0.196. The number of rotatable bonds is 4. The molecule has 0 bridgehead atoms. The minimum Gasteiger partial charge on any atom is -0.488 e. The Morgan fingerprint density at radius 2 is 2.04 bits per heavy atom. The Kier molecular flexibility index (Phi) is 4.35. The number of benzene rings is 2. The van der Waals surface area contributed by atoms with Gasteiger partial charge in [0.05, 0.1) is 10.5 Å². The number of nitro benzene ring substituents is 1. The average Bonchev–Trinajstić information content (AvgIpc) is 2.59. The topological polar surface area (TPSA) is 93.5 Å². The van der Waals surface area contributed by atoms with Gasteiger partial charge in [0, 0.05) is 16.7 Å². The second-order valence-corrected chi connectivity index (χ2v) is 5.43. The number of ether oxygens (including phenoxy) is 1. The van der Waals surface area contributed by atoms with Crippen molar-refractivity contribution in [1.82, 2.24) is 5.43 Å². The van der Waals surface area contributed by atoms with Gasteiger partial charge in [0.25, 0.3) is 11.6 Å². The number of anilines is 1. The number of nitrogens with one attached hydrogen (secondary N) is 2. The number of para-hydroxylation sites is 2. The van der Waals surface area contributed by atoms with E-state index in [1.165, 1.54) is 12.1 Å². The van der Waals surface area contributed by atoms with Crippen molar-refractivity contribution in [2.75, 3.05) is 12.0 Å². The van der Waals surface area contributed by atoms with Gasteiger partial charge in [-0.15, -0.1) is 0 Å². The van der Waals surface area contributed by atoms with Crippen LogP contribution in [0.2, 0.25) is 5.02 Å². The van der Waals surface area contributed by atoms with E-state index in [2.05, 4.69) is 10.9 Å². The number of nitrogens with zero attached hydrogens (tertiary/aromatic N) is 1. The van der Waals surface area contributed by atoms with Crippen molar-refractivity contribution < 1.29 is 14.5 Å². The summed E-state index contributed by atoms with van der Waals surface area (Å²) in [4.78, 5) is 22.6. The third-order valence-corrected chi connectivity index (χ3v) is 3.62. The fourth-order valence-electron chi connectivity index (χ4n) is 2.22. The maximum atomic E-state index is 12.2. The van der Waals surface area contributed by atoms with Crippen LogP contribution >= 0.6 is 11.6 Å². The summed E-state index contributed by atoms with van der Waals surface area (Å²) in [6, 6.07) is 11.1. The predicted molar refractivity (Wildman–Crippen MR) is 89.8 cm³/mol. The van der Waals surface area contributed by atoms with E-state index in [9.17, 15) is 14.9 Å². The van der Waals surface area contributed by atoms with Crippen LogP contribution in [0.25, 0.3) is 6.08 Å². The SMILES string of the molecule is O=C(NNc1ccccc1[N+](=O)[O-])C1=Cc2cc(Cl)ccc2OC1. The second-order valence-electron chi connectivity index (χ2n) is 4.99. The summed E-state index contributed by atoms with van der Waals surface area (Å²) in [5, 5.41) is 11.5. The smallest absolute Gasteiger partial charge is 0.294 e. The zero-order chi connectivity index (χ0) is 17.1. The molecule has 8 heteroatoms. The molecule has 0 aliphatic carbocycles. The third kappa shape index (κ3) is 3.31. The van der Waals surface area contributed by atoms with Crippen LogP contribution in [0.1, 0.15) is 5.56 Å². The first-order valence-corrected chi connectivity index (χ1v) is 7.35. The van der Waals surface area contributed by atoms with Crippen LogP contribution in [0.15, 0.2) is 48.0 Å². The molecule has 0 aromatic heterocycles. The molecular formula is C16H12ClN3O4. The molecule has 24 heavy (non-hydrogen) atoms. The number of nitro groups is 1. The lowest BCUT2D eigenvalue weighted by Gasteiger charge is -2.18. The van der Waals surface area contributed by atoms with Gasteiger partial charge in [-0.05, 0) is 30.3 Å². The van der Waals surface area contributed by atoms with E-state index in [1.54, 1.807) is 36.4 Å². The molecule has 1 aliphatic heterocycles. The zero-order valence-electron chi connectivity index (χ0n) is 12.3. The van der Waals surface area contributed by atoms with Gasteiger partial charge in [0.15, 0.2) is 0 Å². The number of halogens is 1. The van der Waals surface area contributed by atoms with E-state index < -0.39 is 10.8 Å². The Labute approximate surface area is 142 Å². The number of hydrogen-bond donors (Lipinski definition) is 2. The van der Waals surface area contributed by atoms with Crippen molar-refractivity contribution in [2.24, 2.45) is 0 Å². The molecule has 0 radical (unpaired) electrons. The van der Waals surface area contributed by atoms with Gasteiger partial charge < -0.3 is 4.74 Å². The summed E-state index contributed by atoms with van der Waals surface area (Å²) in [6.45, 7) is 0.0963. The Morgan fingerprint density at radius 3 is 2.83 bits per heavy atom. The van der Waals surface area contributed by atoms with Gasteiger partial charge in [0.2, 0.25) is 0 Å². The molecule has 0 atom stereocenters. The first-order chi connectivity index (χ1) is 11.5. The summed E-state index contributed by atoms with van der Waals surface area (Å²) >= 11 is 5.93. The maximum Gasteiger partial charge on any atom is 0.294 e. The highest BCUT2D eigenvalue weighted by Crippen LogP contribution is 2.29. The lowest BCUT2D eigenvalue weighted by molar-refractivity contribution is -0.384. The molecule has 0 saturated heterocycles. The molecule has 2 N–H and O–H groups in total. The van der Waals surface area contributed by atoms with Gasteiger partial charge in [-0.25, -0.2) is 0 Å². The molecule has 3 rings (SSSR count). The molecule has 1 aliphatic rings. The van der Waals surface area contributed by atoms with Crippen molar-refractivity contribution >= 4 is 35.0 Å². The summed E-state index contributed by atoms with van der Waals surface area (Å²) in [5.41, 5.74) is 6.12.